The predicted molar refractivity (Wildman–Crippen MR) is 75.1 cm³/mol. The molecule has 0 radical (unpaired) electrons. The number of anilines is 1. The van der Waals surface area contributed by atoms with E-state index in [2.05, 4.69) is 25.3 Å². The quantitative estimate of drug-likeness (QED) is 0.834. The molecule has 2 aromatic heterocycles. The topological polar surface area (TPSA) is 86.0 Å². The molecule has 0 amide bonds. The number of ether oxygens (including phenoxy) is 1. The number of aryl methyl sites for hydroxylation is 1. The summed E-state index contributed by atoms with van der Waals surface area (Å²) in [6.07, 6.45) is 2.48. The van der Waals surface area contributed by atoms with Gasteiger partial charge in [0.05, 0.1) is 12.3 Å². The third-order valence-corrected chi connectivity index (χ3v) is 2.87. The van der Waals surface area contributed by atoms with Crippen LogP contribution in [0.2, 0.25) is 0 Å². The maximum Gasteiger partial charge on any atom is 0.322 e. The molecule has 1 N–H and O–H groups in total. The Hall–Kier alpha value is -1.83. The summed E-state index contributed by atoms with van der Waals surface area (Å²) in [5.41, 5.74) is 0.816. The molecule has 2 rings (SSSR count). The highest BCUT2D eigenvalue weighted by Crippen LogP contribution is 2.25. The normalized spacial score (nSPS) is 10.6. The molecule has 0 bridgehead atoms. The number of nitrogens with zero attached hydrogens (tertiary/aromatic N) is 4. The summed E-state index contributed by atoms with van der Waals surface area (Å²) in [6, 6.07) is 0.309. The first-order chi connectivity index (χ1) is 9.71. The minimum absolute atomic E-state index is 0.309. The molecule has 0 aliphatic carbocycles. The Morgan fingerprint density at radius 3 is 2.75 bits per heavy atom. The number of rotatable bonds is 7. The maximum absolute atomic E-state index is 5.46. The lowest BCUT2D eigenvalue weighted by Gasteiger charge is -2.06. The van der Waals surface area contributed by atoms with Crippen molar-refractivity contribution in [2.45, 2.75) is 37.6 Å². The van der Waals surface area contributed by atoms with Crippen molar-refractivity contribution in [3.8, 4) is 6.01 Å². The molecule has 2 aromatic rings. The average molecular weight is 295 g/mol. The summed E-state index contributed by atoms with van der Waals surface area (Å²) in [7, 11) is 0. The highest BCUT2D eigenvalue weighted by atomic mass is 32.2. The third kappa shape index (κ3) is 4.09. The molecular weight excluding hydrogens is 278 g/mol. The van der Waals surface area contributed by atoms with Gasteiger partial charge >= 0.3 is 6.01 Å². The average Bonchev–Trinajstić information content (AvgIpc) is 2.82. The summed E-state index contributed by atoms with van der Waals surface area (Å²) in [5, 5.41) is 4.04. The Balaban J connectivity index is 2.18. The summed E-state index contributed by atoms with van der Waals surface area (Å²) in [6.45, 7) is 7.15. The largest absolute Gasteiger partial charge is 0.463 e. The van der Waals surface area contributed by atoms with Crippen molar-refractivity contribution in [1.29, 1.82) is 0 Å². The Morgan fingerprint density at radius 1 is 1.25 bits per heavy atom. The van der Waals surface area contributed by atoms with Crippen molar-refractivity contribution in [3.63, 3.8) is 0 Å². The molecular formula is C12H17N5O2S. The minimum atomic E-state index is 0.309. The highest BCUT2D eigenvalue weighted by Gasteiger charge is 2.11. The van der Waals surface area contributed by atoms with Gasteiger partial charge in [-0.3, -0.25) is 0 Å². The van der Waals surface area contributed by atoms with Crippen LogP contribution in [0.4, 0.5) is 5.95 Å². The molecule has 0 atom stereocenters. The number of aromatic nitrogens is 4. The molecule has 108 valence electrons. The second-order valence-electron chi connectivity index (χ2n) is 3.96. The van der Waals surface area contributed by atoms with Gasteiger partial charge in [0.15, 0.2) is 0 Å². The van der Waals surface area contributed by atoms with Crippen LogP contribution in [0.15, 0.2) is 21.1 Å². The molecule has 0 saturated heterocycles. The molecule has 0 spiro atoms. The predicted octanol–water partition coefficient (Wildman–Crippen LogP) is 2.54. The van der Waals surface area contributed by atoms with E-state index in [4.69, 9.17) is 9.15 Å². The fourth-order valence-corrected chi connectivity index (χ4v) is 2.03. The van der Waals surface area contributed by atoms with E-state index in [0.29, 0.717) is 28.9 Å². The summed E-state index contributed by atoms with van der Waals surface area (Å²) in [5.74, 6) is 0.486. The second-order valence-corrected chi connectivity index (χ2v) is 4.88. The van der Waals surface area contributed by atoms with Crippen molar-refractivity contribution in [2.75, 3.05) is 18.5 Å². The van der Waals surface area contributed by atoms with Crippen molar-refractivity contribution in [2.24, 2.45) is 0 Å². The van der Waals surface area contributed by atoms with E-state index in [1.165, 1.54) is 11.8 Å². The summed E-state index contributed by atoms with van der Waals surface area (Å²) in [4.78, 5) is 16.9. The van der Waals surface area contributed by atoms with Crippen LogP contribution in [0.5, 0.6) is 6.01 Å². The van der Waals surface area contributed by atoms with Gasteiger partial charge in [0.25, 0.3) is 5.22 Å². The van der Waals surface area contributed by atoms with Gasteiger partial charge in [0.2, 0.25) is 11.1 Å². The van der Waals surface area contributed by atoms with E-state index in [9.17, 15) is 0 Å². The van der Waals surface area contributed by atoms with Gasteiger partial charge in [-0.05, 0) is 20.3 Å². The van der Waals surface area contributed by atoms with E-state index in [0.717, 1.165) is 18.7 Å². The molecule has 20 heavy (non-hydrogen) atoms. The van der Waals surface area contributed by atoms with Gasteiger partial charge in [0.1, 0.15) is 6.26 Å². The van der Waals surface area contributed by atoms with Crippen molar-refractivity contribution in [1.82, 2.24) is 19.9 Å². The Labute approximate surface area is 121 Å². The fourth-order valence-electron chi connectivity index (χ4n) is 1.34. The zero-order valence-electron chi connectivity index (χ0n) is 11.7. The first kappa shape index (κ1) is 14.6. The van der Waals surface area contributed by atoms with Crippen LogP contribution >= 0.6 is 11.8 Å². The molecule has 2 heterocycles. The molecule has 0 aromatic carbocycles. The maximum atomic E-state index is 5.46. The van der Waals surface area contributed by atoms with Crippen LogP contribution in [0.1, 0.15) is 26.0 Å². The van der Waals surface area contributed by atoms with Crippen LogP contribution in [0, 0.1) is 6.92 Å². The van der Waals surface area contributed by atoms with Gasteiger partial charge in [-0.2, -0.15) is 15.0 Å². The molecule has 0 aliphatic heterocycles. The first-order valence-corrected chi connectivity index (χ1v) is 7.25. The molecule has 0 aliphatic rings. The SMILES string of the molecule is CCCOc1nc(NCC)nc(Sc2nc(C)co2)n1. The molecule has 8 heteroatoms. The van der Waals surface area contributed by atoms with Gasteiger partial charge < -0.3 is 14.5 Å². The monoisotopic (exact) mass is 295 g/mol. The Kier molecular flexibility index (Phi) is 5.16. The zero-order chi connectivity index (χ0) is 14.4. The number of hydrogen-bond donors (Lipinski definition) is 1. The number of oxazole rings is 1. The Bertz CT molecular complexity index is 561. The van der Waals surface area contributed by atoms with Crippen LogP contribution < -0.4 is 10.1 Å². The van der Waals surface area contributed by atoms with E-state index < -0.39 is 0 Å². The van der Waals surface area contributed by atoms with E-state index in [1.807, 2.05) is 20.8 Å². The smallest absolute Gasteiger partial charge is 0.322 e. The summed E-state index contributed by atoms with van der Waals surface area (Å²) >= 11 is 1.24. The van der Waals surface area contributed by atoms with Crippen LogP contribution in [-0.2, 0) is 0 Å². The van der Waals surface area contributed by atoms with E-state index >= 15 is 0 Å². The van der Waals surface area contributed by atoms with E-state index in [-0.39, 0.29) is 0 Å². The molecule has 0 unspecified atom stereocenters. The van der Waals surface area contributed by atoms with Gasteiger partial charge in [-0.1, -0.05) is 6.92 Å². The van der Waals surface area contributed by atoms with Gasteiger partial charge in [0, 0.05) is 18.3 Å². The zero-order valence-corrected chi connectivity index (χ0v) is 12.5. The number of nitrogens with one attached hydrogen (secondary N) is 1. The molecule has 7 nitrogen and oxygen atoms in total. The van der Waals surface area contributed by atoms with Crippen molar-refractivity contribution < 1.29 is 9.15 Å². The van der Waals surface area contributed by atoms with E-state index in [1.54, 1.807) is 6.26 Å². The lowest BCUT2D eigenvalue weighted by atomic mass is 10.5. The highest BCUT2D eigenvalue weighted by molar-refractivity contribution is 7.98. The van der Waals surface area contributed by atoms with Crippen molar-refractivity contribution >= 4 is 17.7 Å². The number of hydrogen-bond acceptors (Lipinski definition) is 8. The molecule has 0 fully saturated rings. The second kappa shape index (κ2) is 7.09. The first-order valence-electron chi connectivity index (χ1n) is 6.44. The van der Waals surface area contributed by atoms with Crippen LogP contribution in [0.25, 0.3) is 0 Å². The van der Waals surface area contributed by atoms with Gasteiger partial charge in [-0.25, -0.2) is 4.98 Å². The van der Waals surface area contributed by atoms with Crippen LogP contribution in [0.3, 0.4) is 0 Å². The minimum Gasteiger partial charge on any atom is -0.463 e. The lowest BCUT2D eigenvalue weighted by molar-refractivity contribution is 0.288. The summed E-state index contributed by atoms with van der Waals surface area (Å²) < 4.78 is 10.7. The van der Waals surface area contributed by atoms with Gasteiger partial charge in [-0.15, -0.1) is 0 Å². The molecule has 0 saturated carbocycles. The standard InChI is InChI=1S/C12H17N5O2S/c1-4-6-18-10-15-9(13-5-2)16-11(17-10)20-12-14-8(3)7-19-12/h7H,4-6H2,1-3H3,(H,13,15,16,17). The third-order valence-electron chi connectivity index (χ3n) is 2.14. The fraction of sp³-hybridized carbons (Fsp3) is 0.500. The Morgan fingerprint density at radius 2 is 2.10 bits per heavy atom. The van der Waals surface area contributed by atoms with Crippen LogP contribution in [-0.4, -0.2) is 33.1 Å². The van der Waals surface area contributed by atoms with Crippen molar-refractivity contribution in [3.05, 3.63) is 12.0 Å². The lowest BCUT2D eigenvalue weighted by Crippen LogP contribution is -2.07.